The number of hydrogen-bond donors (Lipinski definition) is 0. The van der Waals surface area contributed by atoms with Crippen molar-refractivity contribution >= 4 is 22.9 Å². The molecule has 0 saturated heterocycles. The maximum Gasteiger partial charge on any atom is 0.155 e. The van der Waals surface area contributed by atoms with Crippen LogP contribution in [0.5, 0.6) is 5.75 Å². The first kappa shape index (κ1) is 18.5. The Labute approximate surface area is 167 Å². The molecule has 0 atom stereocenters. The van der Waals surface area contributed by atoms with Crippen molar-refractivity contribution in [2.24, 2.45) is 0 Å². The van der Waals surface area contributed by atoms with Gasteiger partial charge in [-0.1, -0.05) is 11.6 Å². The number of nitrogens with zero attached hydrogens (tertiary/aromatic N) is 5. The fourth-order valence-corrected chi connectivity index (χ4v) is 3.45. The van der Waals surface area contributed by atoms with E-state index in [2.05, 4.69) is 20.2 Å². The van der Waals surface area contributed by atoms with E-state index in [4.69, 9.17) is 16.3 Å². The van der Waals surface area contributed by atoms with Gasteiger partial charge in [-0.25, -0.2) is 18.7 Å². The van der Waals surface area contributed by atoms with Crippen molar-refractivity contribution in [1.29, 1.82) is 0 Å². The molecule has 0 saturated carbocycles. The molecular formula is C18H12ClF2N5OS. The predicted molar refractivity (Wildman–Crippen MR) is 101 cm³/mol. The van der Waals surface area contributed by atoms with Crippen LogP contribution in [0.15, 0.2) is 42.2 Å². The summed E-state index contributed by atoms with van der Waals surface area (Å²) in [6.07, 6.45) is 4.71. The third-order valence-corrected chi connectivity index (χ3v) is 5.09. The molecule has 0 aliphatic heterocycles. The molecule has 10 heteroatoms. The normalized spacial score (nSPS) is 11.0. The fourth-order valence-electron chi connectivity index (χ4n) is 2.70. The van der Waals surface area contributed by atoms with Crippen molar-refractivity contribution < 1.29 is 13.5 Å². The van der Waals surface area contributed by atoms with Crippen molar-refractivity contribution in [3.63, 3.8) is 0 Å². The molecule has 0 aliphatic carbocycles. The second-order valence-corrected chi connectivity index (χ2v) is 6.98. The predicted octanol–water partition coefficient (Wildman–Crippen LogP) is 4.45. The molecule has 0 spiro atoms. The highest BCUT2D eigenvalue weighted by atomic mass is 35.5. The zero-order valence-corrected chi connectivity index (χ0v) is 16.0. The number of methoxy groups -OCH3 is 1. The number of ether oxygens (including phenoxy) is 1. The Morgan fingerprint density at radius 2 is 2.04 bits per heavy atom. The number of thiazole rings is 1. The van der Waals surface area contributed by atoms with Crippen LogP contribution in [-0.2, 0) is 6.54 Å². The average Bonchev–Trinajstić information content (AvgIpc) is 3.38. The summed E-state index contributed by atoms with van der Waals surface area (Å²) < 4.78 is 35.6. The molecule has 0 aliphatic rings. The lowest BCUT2D eigenvalue weighted by atomic mass is 10.2. The van der Waals surface area contributed by atoms with E-state index in [0.29, 0.717) is 22.1 Å². The monoisotopic (exact) mass is 419 g/mol. The molecule has 0 fully saturated rings. The van der Waals surface area contributed by atoms with E-state index in [-0.39, 0.29) is 23.0 Å². The Morgan fingerprint density at radius 3 is 2.79 bits per heavy atom. The molecule has 0 radical (unpaired) electrons. The van der Waals surface area contributed by atoms with Gasteiger partial charge in [-0.3, -0.25) is 0 Å². The van der Waals surface area contributed by atoms with Gasteiger partial charge in [-0.2, -0.15) is 0 Å². The zero-order chi connectivity index (χ0) is 19.7. The number of aromatic nitrogens is 5. The maximum absolute atomic E-state index is 14.4. The first-order chi connectivity index (χ1) is 13.6. The van der Waals surface area contributed by atoms with E-state index in [9.17, 15) is 8.78 Å². The topological polar surface area (TPSA) is 65.7 Å². The lowest BCUT2D eigenvalue weighted by Crippen LogP contribution is -2.08. The van der Waals surface area contributed by atoms with Gasteiger partial charge in [0.2, 0.25) is 0 Å². The Morgan fingerprint density at radius 1 is 1.18 bits per heavy atom. The lowest BCUT2D eigenvalue weighted by molar-refractivity contribution is 0.403. The number of halogens is 3. The molecule has 3 heterocycles. The van der Waals surface area contributed by atoms with E-state index in [1.165, 1.54) is 24.6 Å². The van der Waals surface area contributed by atoms with Crippen LogP contribution in [0, 0.1) is 11.6 Å². The zero-order valence-electron chi connectivity index (χ0n) is 14.4. The standard InChI is InChI=1S/C18H12ClF2N5OS/c1-27-14-8-12(18-23-5-7-28-18)24-25-13(14)9-26-6-4-22-17(26)15-11(20)3-2-10(19)16(15)21/h2-8H,9H2,1H3. The quantitative estimate of drug-likeness (QED) is 0.447. The summed E-state index contributed by atoms with van der Waals surface area (Å²) in [6, 6.07) is 3.98. The fraction of sp³-hybridized carbons (Fsp3) is 0.111. The summed E-state index contributed by atoms with van der Waals surface area (Å²) in [4.78, 5) is 8.28. The van der Waals surface area contributed by atoms with E-state index >= 15 is 0 Å². The number of benzene rings is 1. The Hall–Kier alpha value is -2.91. The largest absolute Gasteiger partial charge is 0.495 e. The van der Waals surface area contributed by atoms with Gasteiger partial charge in [0.15, 0.2) is 5.82 Å². The SMILES string of the molecule is COc1cc(-c2nccs2)nnc1Cn1ccnc1-c1c(F)ccc(Cl)c1F. The van der Waals surface area contributed by atoms with Gasteiger partial charge >= 0.3 is 0 Å². The van der Waals surface area contributed by atoms with Crippen LogP contribution >= 0.6 is 22.9 Å². The molecular weight excluding hydrogens is 408 g/mol. The highest BCUT2D eigenvalue weighted by Crippen LogP contribution is 2.31. The minimum absolute atomic E-state index is 0.0883. The number of imidazole rings is 1. The average molecular weight is 420 g/mol. The first-order valence-corrected chi connectivity index (χ1v) is 9.29. The second kappa shape index (κ2) is 7.61. The minimum atomic E-state index is -0.869. The third kappa shape index (κ3) is 3.34. The summed E-state index contributed by atoms with van der Waals surface area (Å²) in [6.45, 7) is 0.148. The first-order valence-electron chi connectivity index (χ1n) is 8.04. The molecule has 4 rings (SSSR count). The Balaban J connectivity index is 1.72. The molecule has 0 N–H and O–H groups in total. The molecule has 0 unspecified atom stereocenters. The van der Waals surface area contributed by atoms with Crippen LogP contribution < -0.4 is 4.74 Å². The van der Waals surface area contributed by atoms with Gasteiger partial charge in [0.1, 0.15) is 33.8 Å². The summed E-state index contributed by atoms with van der Waals surface area (Å²) in [5.41, 5.74) is 0.752. The number of hydrogen-bond acceptors (Lipinski definition) is 6. The van der Waals surface area contributed by atoms with Crippen LogP contribution in [0.3, 0.4) is 0 Å². The van der Waals surface area contributed by atoms with Crippen molar-refractivity contribution in [2.75, 3.05) is 7.11 Å². The molecule has 3 aromatic heterocycles. The molecule has 6 nitrogen and oxygen atoms in total. The highest BCUT2D eigenvalue weighted by Gasteiger charge is 2.20. The van der Waals surface area contributed by atoms with Gasteiger partial charge < -0.3 is 9.30 Å². The van der Waals surface area contributed by atoms with E-state index in [1.807, 2.05) is 5.38 Å². The van der Waals surface area contributed by atoms with E-state index < -0.39 is 11.6 Å². The number of rotatable bonds is 5. The molecule has 1 aromatic carbocycles. The van der Waals surface area contributed by atoms with Crippen LogP contribution in [0.25, 0.3) is 22.1 Å². The summed E-state index contributed by atoms with van der Waals surface area (Å²) >= 11 is 7.23. The van der Waals surface area contributed by atoms with Crippen LogP contribution in [0.1, 0.15) is 5.69 Å². The van der Waals surface area contributed by atoms with Crippen LogP contribution in [0.4, 0.5) is 8.78 Å². The van der Waals surface area contributed by atoms with Gasteiger partial charge in [0, 0.05) is 30.0 Å². The molecule has 0 bridgehead atoms. The third-order valence-electron chi connectivity index (χ3n) is 4.01. The highest BCUT2D eigenvalue weighted by molar-refractivity contribution is 7.13. The smallest absolute Gasteiger partial charge is 0.155 e. The summed E-state index contributed by atoms with van der Waals surface area (Å²) in [5.74, 6) is -1.06. The van der Waals surface area contributed by atoms with Gasteiger partial charge in [0.25, 0.3) is 0 Å². The lowest BCUT2D eigenvalue weighted by Gasteiger charge is -2.12. The summed E-state index contributed by atoms with van der Waals surface area (Å²) in [7, 11) is 1.51. The van der Waals surface area contributed by atoms with Crippen LogP contribution in [0.2, 0.25) is 5.02 Å². The second-order valence-electron chi connectivity index (χ2n) is 5.68. The van der Waals surface area contributed by atoms with Crippen molar-refractivity contribution in [3.05, 3.63) is 64.5 Å². The van der Waals surface area contributed by atoms with Crippen molar-refractivity contribution in [2.45, 2.75) is 6.54 Å². The van der Waals surface area contributed by atoms with Gasteiger partial charge in [-0.15, -0.1) is 21.5 Å². The van der Waals surface area contributed by atoms with E-state index in [1.54, 1.807) is 23.0 Å². The van der Waals surface area contributed by atoms with E-state index in [0.717, 1.165) is 12.1 Å². The van der Waals surface area contributed by atoms with Gasteiger partial charge in [0.05, 0.1) is 24.2 Å². The van der Waals surface area contributed by atoms with Crippen molar-refractivity contribution in [1.82, 2.24) is 24.7 Å². The Kier molecular flexibility index (Phi) is 5.01. The summed E-state index contributed by atoms with van der Waals surface area (Å²) in [5, 5.41) is 10.7. The molecule has 28 heavy (non-hydrogen) atoms. The minimum Gasteiger partial charge on any atom is -0.495 e. The molecule has 4 aromatic rings. The van der Waals surface area contributed by atoms with Gasteiger partial charge in [-0.05, 0) is 12.1 Å². The van der Waals surface area contributed by atoms with Crippen LogP contribution in [-0.4, -0.2) is 31.8 Å². The van der Waals surface area contributed by atoms with Crippen molar-refractivity contribution in [3.8, 4) is 27.8 Å². The molecule has 0 amide bonds. The molecule has 142 valence electrons. The Bertz CT molecular complexity index is 1130. The maximum atomic E-state index is 14.4.